The van der Waals surface area contributed by atoms with Crippen LogP contribution in [0.4, 0.5) is 0 Å². The zero-order chi connectivity index (χ0) is 7.73. The van der Waals surface area contributed by atoms with Gasteiger partial charge in [-0.05, 0) is 0 Å². The first-order chi connectivity index (χ1) is 3.67. The molecule has 9 heavy (non-hydrogen) atoms. The summed E-state index contributed by atoms with van der Waals surface area (Å²) in [6, 6.07) is 0. The first-order valence-corrected chi connectivity index (χ1v) is 6.35. The Labute approximate surface area is 54.7 Å². The van der Waals surface area contributed by atoms with Crippen LogP contribution in [-0.4, -0.2) is 42.1 Å². The predicted octanol–water partition coefficient (Wildman–Crippen LogP) is 0.421. The van der Waals surface area contributed by atoms with Crippen molar-refractivity contribution >= 4 is 12.8 Å². The monoisotopic (exact) mass is 152 g/mol. The van der Waals surface area contributed by atoms with E-state index in [1.165, 1.54) is 0 Å². The van der Waals surface area contributed by atoms with Crippen molar-refractivity contribution in [2.45, 2.75) is 0 Å². The average molecular weight is 152 g/mol. The Kier molecular flexibility index (Phi) is 1.90. The Hall–Kier alpha value is -0.140. The van der Waals surface area contributed by atoms with Gasteiger partial charge in [-0.1, -0.05) is 0 Å². The minimum absolute atomic E-state index is 0.106. The molecule has 0 unspecified atom stereocenters. The molecular weight excluding hydrogens is 139 g/mol. The fourth-order valence-electron chi connectivity index (χ4n) is 0.466. The normalized spacial score (nSPS) is 16.2. The summed E-state index contributed by atoms with van der Waals surface area (Å²) in [7, 11) is 0. The second-order valence-electron chi connectivity index (χ2n) is 3.58. The molecule has 56 valence electrons. The predicted molar refractivity (Wildman–Crippen MR) is 39.4 cm³/mol. The second kappa shape index (κ2) is 1.93. The van der Waals surface area contributed by atoms with Crippen molar-refractivity contribution in [1.29, 1.82) is 0 Å². The van der Waals surface area contributed by atoms with E-state index in [4.69, 9.17) is 5.11 Å². The summed E-state index contributed by atoms with van der Waals surface area (Å²) in [5, 5.41) is 8.29. The van der Waals surface area contributed by atoms with Gasteiger partial charge in [-0.25, -0.2) is 0 Å². The number of carboxylic acid groups (broad SMARTS) is 1. The number of rotatable bonds is 2. The van der Waals surface area contributed by atoms with Gasteiger partial charge in [-0.3, -0.25) is 0 Å². The summed E-state index contributed by atoms with van der Waals surface area (Å²) in [4.78, 5) is 19.5. The molecule has 0 amide bonds. The van der Waals surface area contributed by atoms with Gasteiger partial charge in [0.25, 0.3) is 0 Å². The molecule has 0 rings (SSSR count). The minimum atomic E-state index is -2.77. The molecule has 0 aliphatic rings. The Morgan fingerprint density at radius 3 is 1.78 bits per heavy atom. The summed E-state index contributed by atoms with van der Waals surface area (Å²) < 4.78 is 0. The van der Waals surface area contributed by atoms with Gasteiger partial charge in [0.1, 0.15) is 0 Å². The van der Waals surface area contributed by atoms with Crippen molar-refractivity contribution in [2.75, 3.05) is 26.2 Å². The molecule has 0 aromatic rings. The van der Waals surface area contributed by atoms with E-state index >= 15 is 0 Å². The number of hydrogen-bond donors (Lipinski definition) is 2. The van der Waals surface area contributed by atoms with E-state index in [2.05, 4.69) is 0 Å². The molecule has 0 heterocycles. The molecule has 0 spiro atoms. The maximum atomic E-state index is 10.1. The molecule has 0 saturated carbocycles. The van der Waals surface area contributed by atoms with Gasteiger partial charge in [0, 0.05) is 0 Å². The zero-order valence-electron chi connectivity index (χ0n) is 5.96. The van der Waals surface area contributed by atoms with Gasteiger partial charge >= 0.3 is 53.8 Å². The van der Waals surface area contributed by atoms with Gasteiger partial charge in [-0.2, -0.15) is 0 Å². The SMILES string of the molecule is CP(C)(C)(O)CC(=O)O. The summed E-state index contributed by atoms with van der Waals surface area (Å²) in [6.07, 6.45) is -0.106. The van der Waals surface area contributed by atoms with Crippen LogP contribution < -0.4 is 0 Å². The van der Waals surface area contributed by atoms with Gasteiger partial charge in [0.15, 0.2) is 0 Å². The van der Waals surface area contributed by atoms with Crippen molar-refractivity contribution in [3.63, 3.8) is 0 Å². The van der Waals surface area contributed by atoms with E-state index in [0.717, 1.165) is 0 Å². The fraction of sp³-hybridized carbons (Fsp3) is 0.800. The Balaban J connectivity index is 4.05. The summed E-state index contributed by atoms with van der Waals surface area (Å²) in [6.45, 7) is 2.06. The van der Waals surface area contributed by atoms with Gasteiger partial charge in [0.05, 0.1) is 0 Å². The van der Waals surface area contributed by atoms with Crippen molar-refractivity contribution in [1.82, 2.24) is 0 Å². The zero-order valence-corrected chi connectivity index (χ0v) is 6.85. The third-order valence-electron chi connectivity index (χ3n) is 0.680. The van der Waals surface area contributed by atoms with Crippen LogP contribution in [-0.2, 0) is 4.79 Å². The molecule has 0 aromatic heterocycles. The van der Waals surface area contributed by atoms with E-state index in [9.17, 15) is 9.69 Å². The molecule has 0 saturated heterocycles. The molecule has 2 N–H and O–H groups in total. The number of hydrogen-bond acceptors (Lipinski definition) is 2. The molecule has 3 nitrogen and oxygen atoms in total. The quantitative estimate of drug-likeness (QED) is 0.564. The van der Waals surface area contributed by atoms with E-state index in [-0.39, 0.29) is 6.16 Å². The summed E-state index contributed by atoms with van der Waals surface area (Å²) in [5.74, 6) is -0.928. The molecule has 0 aliphatic carbocycles. The molecule has 4 heteroatoms. The molecule has 0 fully saturated rings. The third kappa shape index (κ3) is 7.86. The Morgan fingerprint density at radius 1 is 1.44 bits per heavy atom. The average Bonchev–Trinajstić information content (AvgIpc) is 1.16. The summed E-state index contributed by atoms with van der Waals surface area (Å²) >= 11 is 0. The Morgan fingerprint density at radius 2 is 1.78 bits per heavy atom. The van der Waals surface area contributed by atoms with E-state index in [1.54, 1.807) is 20.0 Å². The van der Waals surface area contributed by atoms with Crippen LogP contribution in [0.25, 0.3) is 0 Å². The molecular formula is C5H13O3P. The first kappa shape index (κ1) is 8.86. The molecule has 0 radical (unpaired) electrons. The van der Waals surface area contributed by atoms with Gasteiger partial charge in [-0.15, -0.1) is 0 Å². The van der Waals surface area contributed by atoms with Gasteiger partial charge in [0.2, 0.25) is 0 Å². The van der Waals surface area contributed by atoms with Crippen LogP contribution in [0.5, 0.6) is 0 Å². The van der Waals surface area contributed by atoms with Crippen LogP contribution in [0, 0.1) is 0 Å². The third-order valence-corrected chi connectivity index (χ3v) is 2.04. The maximum absolute atomic E-state index is 10.1. The number of aliphatic carboxylic acids is 1. The Bertz CT molecular complexity index is 124. The topological polar surface area (TPSA) is 57.5 Å². The van der Waals surface area contributed by atoms with Crippen molar-refractivity contribution < 1.29 is 14.8 Å². The van der Waals surface area contributed by atoms with Crippen LogP contribution in [0.2, 0.25) is 0 Å². The van der Waals surface area contributed by atoms with Crippen molar-refractivity contribution in [2.24, 2.45) is 0 Å². The molecule has 0 aliphatic heterocycles. The number of carboxylic acids is 1. The standard InChI is InChI=1S/C5H13O3P/c1-9(2,3,8)4-5(6)7/h8H,4H2,1-3H3,(H,6,7). The van der Waals surface area contributed by atoms with Crippen LogP contribution in [0.15, 0.2) is 0 Å². The van der Waals surface area contributed by atoms with E-state index < -0.39 is 12.8 Å². The van der Waals surface area contributed by atoms with Crippen molar-refractivity contribution in [3.05, 3.63) is 0 Å². The molecule has 0 atom stereocenters. The van der Waals surface area contributed by atoms with Crippen LogP contribution in [0.1, 0.15) is 0 Å². The van der Waals surface area contributed by atoms with Crippen LogP contribution in [0.3, 0.4) is 0 Å². The fourth-order valence-corrected chi connectivity index (χ4v) is 1.40. The number of carbonyl (C=O) groups is 1. The van der Waals surface area contributed by atoms with Crippen molar-refractivity contribution in [3.8, 4) is 0 Å². The molecule has 0 bridgehead atoms. The van der Waals surface area contributed by atoms with E-state index in [1.807, 2.05) is 0 Å². The van der Waals surface area contributed by atoms with E-state index in [0.29, 0.717) is 0 Å². The second-order valence-corrected chi connectivity index (χ2v) is 9.96. The first-order valence-electron chi connectivity index (χ1n) is 2.64. The summed E-state index contributed by atoms with van der Waals surface area (Å²) in [5.41, 5.74) is 0. The van der Waals surface area contributed by atoms with Crippen LogP contribution >= 0.6 is 6.83 Å². The molecule has 0 aromatic carbocycles. The van der Waals surface area contributed by atoms with Gasteiger partial charge < -0.3 is 0 Å².